The van der Waals surface area contributed by atoms with E-state index in [0.29, 0.717) is 24.4 Å². The summed E-state index contributed by atoms with van der Waals surface area (Å²) in [5.41, 5.74) is 2.71. The summed E-state index contributed by atoms with van der Waals surface area (Å²) in [5.74, 6) is 0.741. The Hall–Kier alpha value is -2.40. The molecular weight excluding hydrogens is 326 g/mol. The van der Waals surface area contributed by atoms with Crippen molar-refractivity contribution in [2.45, 2.75) is 13.0 Å². The Morgan fingerprint density at radius 1 is 1.04 bits per heavy atom. The molecule has 0 aliphatic carbocycles. The van der Waals surface area contributed by atoms with Gasteiger partial charge in [-0.25, -0.2) is 0 Å². The molecule has 2 fully saturated rings. The standard InChI is InChI=1S/C21H25N3O2/c1-14-7-4-5-8-16(14)19-18-13-24(12-15(18)11-23(19)3)21(26)17-9-6-10-22(2)20(17)25/h4-10,15,18-19H,11-13H2,1-3H3/t15-,18+,19+/m0/s1. The Kier molecular flexibility index (Phi) is 4.19. The van der Waals surface area contributed by atoms with Crippen LogP contribution in [0.5, 0.6) is 0 Å². The van der Waals surface area contributed by atoms with Gasteiger partial charge >= 0.3 is 0 Å². The predicted molar refractivity (Wildman–Crippen MR) is 101 cm³/mol. The molecule has 1 aromatic carbocycles. The van der Waals surface area contributed by atoms with Crippen molar-refractivity contribution in [2.75, 3.05) is 26.7 Å². The van der Waals surface area contributed by atoms with E-state index in [1.165, 1.54) is 15.7 Å². The molecule has 5 heteroatoms. The van der Waals surface area contributed by atoms with Crippen LogP contribution in [-0.2, 0) is 7.05 Å². The second-order valence-corrected chi connectivity index (χ2v) is 7.71. The molecule has 0 radical (unpaired) electrons. The van der Waals surface area contributed by atoms with E-state index in [-0.39, 0.29) is 17.0 Å². The molecule has 4 rings (SSSR count). The highest BCUT2D eigenvalue weighted by Gasteiger charge is 2.47. The fourth-order valence-corrected chi connectivity index (χ4v) is 4.74. The monoisotopic (exact) mass is 351 g/mol. The van der Waals surface area contributed by atoms with Crippen LogP contribution in [0.15, 0.2) is 47.4 Å². The lowest BCUT2D eigenvalue weighted by Crippen LogP contribution is -2.37. The fourth-order valence-electron chi connectivity index (χ4n) is 4.74. The van der Waals surface area contributed by atoms with Gasteiger partial charge in [0.25, 0.3) is 11.5 Å². The second-order valence-electron chi connectivity index (χ2n) is 7.71. The molecule has 5 nitrogen and oxygen atoms in total. The number of carbonyl (C=O) groups is 1. The van der Waals surface area contributed by atoms with Gasteiger partial charge in [-0.1, -0.05) is 24.3 Å². The van der Waals surface area contributed by atoms with Gasteiger partial charge in [0.05, 0.1) is 0 Å². The first-order valence-electron chi connectivity index (χ1n) is 9.18. The average Bonchev–Trinajstić information content (AvgIpc) is 3.14. The summed E-state index contributed by atoms with van der Waals surface area (Å²) in [6.07, 6.45) is 1.68. The number of amides is 1. The van der Waals surface area contributed by atoms with E-state index in [2.05, 4.69) is 43.1 Å². The molecule has 1 aromatic heterocycles. The van der Waals surface area contributed by atoms with Gasteiger partial charge in [0.2, 0.25) is 0 Å². The Morgan fingerprint density at radius 3 is 2.58 bits per heavy atom. The van der Waals surface area contributed by atoms with Crippen LogP contribution in [0.3, 0.4) is 0 Å². The molecule has 0 N–H and O–H groups in total. The van der Waals surface area contributed by atoms with E-state index in [1.807, 2.05) is 4.90 Å². The third-order valence-corrected chi connectivity index (χ3v) is 6.04. The molecule has 0 saturated carbocycles. The number of likely N-dealkylation sites (tertiary alicyclic amines) is 2. The topological polar surface area (TPSA) is 45.6 Å². The number of hydrogen-bond acceptors (Lipinski definition) is 3. The minimum Gasteiger partial charge on any atom is -0.338 e. The molecule has 136 valence electrons. The van der Waals surface area contributed by atoms with Crippen molar-refractivity contribution in [3.8, 4) is 0 Å². The number of benzene rings is 1. The molecule has 2 aliphatic rings. The van der Waals surface area contributed by atoms with Crippen molar-refractivity contribution in [1.29, 1.82) is 0 Å². The largest absolute Gasteiger partial charge is 0.338 e. The summed E-state index contributed by atoms with van der Waals surface area (Å²) in [5, 5.41) is 0. The third kappa shape index (κ3) is 2.67. The first-order valence-corrected chi connectivity index (χ1v) is 9.18. The van der Waals surface area contributed by atoms with E-state index >= 15 is 0 Å². The molecule has 0 unspecified atom stereocenters. The maximum Gasteiger partial charge on any atom is 0.263 e. The van der Waals surface area contributed by atoms with Gasteiger partial charge in [0.15, 0.2) is 0 Å². The average molecular weight is 351 g/mol. The van der Waals surface area contributed by atoms with Crippen molar-refractivity contribution in [3.05, 3.63) is 69.6 Å². The minimum atomic E-state index is -0.220. The summed E-state index contributed by atoms with van der Waals surface area (Å²) in [4.78, 5) is 29.5. The van der Waals surface area contributed by atoms with Crippen LogP contribution in [0, 0.1) is 18.8 Å². The number of pyridine rings is 1. The van der Waals surface area contributed by atoms with E-state index in [4.69, 9.17) is 0 Å². The smallest absolute Gasteiger partial charge is 0.263 e. The molecule has 0 bridgehead atoms. The lowest BCUT2D eigenvalue weighted by molar-refractivity contribution is 0.0765. The SMILES string of the molecule is Cc1ccccc1[C@@H]1[C@@H]2CN(C(=O)c3cccn(C)c3=O)C[C@@H]2CN1C. The summed E-state index contributed by atoms with van der Waals surface area (Å²) in [6, 6.07) is 12.3. The minimum absolute atomic E-state index is 0.133. The summed E-state index contributed by atoms with van der Waals surface area (Å²) >= 11 is 0. The molecule has 2 aliphatic heterocycles. The third-order valence-electron chi connectivity index (χ3n) is 6.04. The Balaban J connectivity index is 1.60. The zero-order valence-electron chi connectivity index (χ0n) is 15.6. The van der Waals surface area contributed by atoms with E-state index < -0.39 is 0 Å². The number of rotatable bonds is 2. The van der Waals surface area contributed by atoms with E-state index in [9.17, 15) is 9.59 Å². The van der Waals surface area contributed by atoms with Crippen LogP contribution in [0.2, 0.25) is 0 Å². The van der Waals surface area contributed by atoms with Crippen molar-refractivity contribution in [3.63, 3.8) is 0 Å². The van der Waals surface area contributed by atoms with Gasteiger partial charge < -0.3 is 9.47 Å². The number of hydrogen-bond donors (Lipinski definition) is 0. The molecule has 2 saturated heterocycles. The highest BCUT2D eigenvalue weighted by molar-refractivity contribution is 5.94. The van der Waals surface area contributed by atoms with Gasteiger partial charge in [-0.2, -0.15) is 0 Å². The van der Waals surface area contributed by atoms with Crippen LogP contribution in [0.1, 0.15) is 27.5 Å². The lowest BCUT2D eigenvalue weighted by atomic mass is 9.88. The van der Waals surface area contributed by atoms with Crippen LogP contribution in [-0.4, -0.2) is 47.0 Å². The highest BCUT2D eigenvalue weighted by Crippen LogP contribution is 2.44. The maximum atomic E-state index is 12.9. The van der Waals surface area contributed by atoms with Gasteiger partial charge in [-0.05, 0) is 43.1 Å². The molecule has 3 heterocycles. The Labute approximate surface area is 153 Å². The van der Waals surface area contributed by atoms with E-state index in [1.54, 1.807) is 25.4 Å². The number of nitrogens with zero attached hydrogens (tertiary/aromatic N) is 3. The zero-order valence-corrected chi connectivity index (χ0v) is 15.6. The number of aromatic nitrogens is 1. The summed E-state index contributed by atoms with van der Waals surface area (Å²) in [6.45, 7) is 4.58. The molecule has 1 amide bonds. The van der Waals surface area contributed by atoms with Gasteiger partial charge in [0.1, 0.15) is 5.56 Å². The van der Waals surface area contributed by atoms with Crippen molar-refractivity contribution in [2.24, 2.45) is 18.9 Å². The zero-order chi connectivity index (χ0) is 18.4. The summed E-state index contributed by atoms with van der Waals surface area (Å²) in [7, 11) is 3.86. The van der Waals surface area contributed by atoms with Crippen molar-refractivity contribution in [1.82, 2.24) is 14.4 Å². The number of carbonyl (C=O) groups excluding carboxylic acids is 1. The number of fused-ring (bicyclic) bond motifs is 1. The molecule has 2 aromatic rings. The first kappa shape index (κ1) is 17.0. The Morgan fingerprint density at radius 2 is 1.81 bits per heavy atom. The van der Waals surface area contributed by atoms with Gasteiger partial charge in [-0.15, -0.1) is 0 Å². The van der Waals surface area contributed by atoms with Crippen LogP contribution in [0.4, 0.5) is 0 Å². The van der Waals surface area contributed by atoms with Crippen LogP contribution in [0.25, 0.3) is 0 Å². The van der Waals surface area contributed by atoms with Crippen molar-refractivity contribution >= 4 is 5.91 Å². The predicted octanol–water partition coefficient (Wildman–Crippen LogP) is 2.07. The second kappa shape index (κ2) is 6.40. The lowest BCUT2D eigenvalue weighted by Gasteiger charge is -2.28. The maximum absolute atomic E-state index is 12.9. The van der Waals surface area contributed by atoms with E-state index in [0.717, 1.165) is 13.1 Å². The van der Waals surface area contributed by atoms with Gasteiger partial charge in [0, 0.05) is 44.8 Å². The number of aryl methyl sites for hydroxylation is 2. The van der Waals surface area contributed by atoms with Gasteiger partial charge in [-0.3, -0.25) is 14.5 Å². The van der Waals surface area contributed by atoms with Crippen molar-refractivity contribution < 1.29 is 4.79 Å². The first-order chi connectivity index (χ1) is 12.5. The fraction of sp³-hybridized carbons (Fsp3) is 0.429. The summed E-state index contributed by atoms with van der Waals surface area (Å²) < 4.78 is 1.47. The van der Waals surface area contributed by atoms with Crippen LogP contribution < -0.4 is 5.56 Å². The molecular formula is C21H25N3O2. The van der Waals surface area contributed by atoms with Crippen LogP contribution >= 0.6 is 0 Å². The quantitative estimate of drug-likeness (QED) is 0.832. The highest BCUT2D eigenvalue weighted by atomic mass is 16.2. The normalized spacial score (nSPS) is 25.5. The molecule has 0 spiro atoms. The molecule has 26 heavy (non-hydrogen) atoms. The Bertz CT molecular complexity index is 904. The molecule has 3 atom stereocenters.